The number of urea groups is 1. The van der Waals surface area contributed by atoms with Crippen molar-refractivity contribution in [3.05, 3.63) is 89.7 Å². The van der Waals surface area contributed by atoms with E-state index in [9.17, 15) is 9.18 Å². The monoisotopic (exact) mass is 390 g/mol. The normalized spacial score (nSPS) is 13.3. The Morgan fingerprint density at radius 3 is 2.59 bits per heavy atom. The number of carbonyl (C=O) groups excluding carboxylic acids is 1. The summed E-state index contributed by atoms with van der Waals surface area (Å²) >= 11 is 0. The van der Waals surface area contributed by atoms with Gasteiger partial charge < -0.3 is 10.1 Å². The molecule has 1 heterocycles. The maximum Gasteiger partial charge on any atom is 0.326 e. The molecule has 4 nitrogen and oxygen atoms in total. The van der Waals surface area contributed by atoms with Gasteiger partial charge in [-0.1, -0.05) is 30.3 Å². The van der Waals surface area contributed by atoms with Gasteiger partial charge in [-0.25, -0.2) is 9.18 Å². The van der Waals surface area contributed by atoms with E-state index < -0.39 is 0 Å². The van der Waals surface area contributed by atoms with Crippen LogP contribution in [0.25, 0.3) is 0 Å². The fraction of sp³-hybridized carbons (Fsp3) is 0.208. The van der Waals surface area contributed by atoms with Crippen LogP contribution in [-0.2, 0) is 13.0 Å². The first-order valence-electron chi connectivity index (χ1n) is 9.83. The molecule has 0 aliphatic carbocycles. The fourth-order valence-corrected chi connectivity index (χ4v) is 3.50. The molecule has 0 saturated carbocycles. The Kier molecular flexibility index (Phi) is 5.75. The molecule has 5 heteroatoms. The lowest BCUT2D eigenvalue weighted by Crippen LogP contribution is -2.35. The molecule has 1 aliphatic rings. The summed E-state index contributed by atoms with van der Waals surface area (Å²) in [5.41, 5.74) is 3.68. The van der Waals surface area contributed by atoms with Crippen LogP contribution < -0.4 is 15.0 Å². The lowest BCUT2D eigenvalue weighted by molar-refractivity contribution is 0.257. The molecule has 4 rings (SSSR count). The Hall–Kier alpha value is -3.34. The van der Waals surface area contributed by atoms with E-state index in [-0.39, 0.29) is 11.8 Å². The van der Waals surface area contributed by atoms with Gasteiger partial charge in [0, 0.05) is 17.9 Å². The van der Waals surface area contributed by atoms with Crippen molar-refractivity contribution in [3.8, 4) is 5.75 Å². The van der Waals surface area contributed by atoms with E-state index >= 15 is 0 Å². The molecule has 148 valence electrons. The summed E-state index contributed by atoms with van der Waals surface area (Å²) in [4.78, 5) is 14.6. The number of fused-ring (bicyclic) bond motifs is 1. The Labute approximate surface area is 169 Å². The average molecular weight is 390 g/mol. The van der Waals surface area contributed by atoms with Gasteiger partial charge in [0.25, 0.3) is 0 Å². The second kappa shape index (κ2) is 8.78. The minimum atomic E-state index is -0.328. The van der Waals surface area contributed by atoms with E-state index in [1.54, 1.807) is 17.0 Å². The molecule has 0 spiro atoms. The van der Waals surface area contributed by atoms with Crippen molar-refractivity contribution in [2.24, 2.45) is 0 Å². The number of halogens is 1. The van der Waals surface area contributed by atoms with E-state index in [0.29, 0.717) is 18.8 Å². The average Bonchev–Trinajstić information content (AvgIpc) is 2.97. The Bertz CT molecular complexity index is 974. The Morgan fingerprint density at radius 1 is 1.00 bits per heavy atom. The van der Waals surface area contributed by atoms with Crippen molar-refractivity contribution in [1.82, 2.24) is 0 Å². The highest BCUT2D eigenvalue weighted by Crippen LogP contribution is 2.31. The molecule has 1 N–H and O–H groups in total. The standard InChI is InChI=1S/C24H23FN2O2/c25-20-9-11-21(12-10-20)26-24(28)27-15-5-4-8-19-16-22(13-14-23(19)27)29-17-18-6-2-1-3-7-18/h1-3,6-7,9-14,16H,4-5,8,15,17H2,(H,26,28). The lowest BCUT2D eigenvalue weighted by Gasteiger charge is -2.24. The van der Waals surface area contributed by atoms with Gasteiger partial charge in [0.15, 0.2) is 0 Å². The van der Waals surface area contributed by atoms with Gasteiger partial charge in [0.1, 0.15) is 18.2 Å². The van der Waals surface area contributed by atoms with Gasteiger partial charge in [-0.15, -0.1) is 0 Å². The van der Waals surface area contributed by atoms with Gasteiger partial charge in [-0.05, 0) is 72.9 Å². The minimum absolute atomic E-state index is 0.210. The SMILES string of the molecule is O=C(Nc1ccc(F)cc1)N1CCCCc2cc(OCc3ccccc3)ccc21. The van der Waals surface area contributed by atoms with Crippen LogP contribution in [-0.4, -0.2) is 12.6 Å². The second-order valence-electron chi connectivity index (χ2n) is 7.11. The lowest BCUT2D eigenvalue weighted by atomic mass is 10.1. The van der Waals surface area contributed by atoms with Gasteiger partial charge in [0.2, 0.25) is 0 Å². The van der Waals surface area contributed by atoms with E-state index in [2.05, 4.69) is 5.32 Å². The molecule has 1 aliphatic heterocycles. The number of nitrogens with zero attached hydrogens (tertiary/aromatic N) is 1. The number of amides is 2. The van der Waals surface area contributed by atoms with Crippen molar-refractivity contribution in [1.29, 1.82) is 0 Å². The molecule has 0 radical (unpaired) electrons. The van der Waals surface area contributed by atoms with Gasteiger partial charge >= 0.3 is 6.03 Å². The van der Waals surface area contributed by atoms with Gasteiger partial charge in [-0.3, -0.25) is 4.90 Å². The molecule has 0 saturated heterocycles. The first-order chi connectivity index (χ1) is 14.2. The maximum absolute atomic E-state index is 13.1. The van der Waals surface area contributed by atoms with Crippen LogP contribution in [0.15, 0.2) is 72.8 Å². The third-order valence-corrected chi connectivity index (χ3v) is 5.01. The Morgan fingerprint density at radius 2 is 1.79 bits per heavy atom. The zero-order chi connectivity index (χ0) is 20.1. The molecule has 0 atom stereocenters. The number of rotatable bonds is 4. The molecule has 3 aromatic carbocycles. The van der Waals surface area contributed by atoms with Crippen LogP contribution in [0.1, 0.15) is 24.0 Å². The summed E-state index contributed by atoms with van der Waals surface area (Å²) in [5, 5.41) is 2.86. The number of nitrogens with one attached hydrogen (secondary N) is 1. The number of hydrogen-bond acceptors (Lipinski definition) is 2. The quantitative estimate of drug-likeness (QED) is 0.614. The molecule has 0 bridgehead atoms. The van der Waals surface area contributed by atoms with Gasteiger partial charge in [-0.2, -0.15) is 0 Å². The predicted molar refractivity (Wildman–Crippen MR) is 113 cm³/mol. The summed E-state index contributed by atoms with van der Waals surface area (Å²) in [7, 11) is 0. The second-order valence-corrected chi connectivity index (χ2v) is 7.11. The first kappa shape index (κ1) is 19.0. The van der Waals surface area contributed by atoms with Crippen molar-refractivity contribution in [3.63, 3.8) is 0 Å². The number of carbonyl (C=O) groups is 1. The van der Waals surface area contributed by atoms with Crippen molar-refractivity contribution >= 4 is 17.4 Å². The molecule has 0 unspecified atom stereocenters. The predicted octanol–water partition coefficient (Wildman–Crippen LogP) is 5.78. The summed E-state index contributed by atoms with van der Waals surface area (Å²) in [6, 6.07) is 21.5. The number of benzene rings is 3. The molecule has 0 fully saturated rings. The van der Waals surface area contributed by atoms with E-state index in [4.69, 9.17) is 4.74 Å². The van der Waals surface area contributed by atoms with Gasteiger partial charge in [0.05, 0.1) is 0 Å². The third-order valence-electron chi connectivity index (χ3n) is 5.01. The highest BCUT2D eigenvalue weighted by atomic mass is 19.1. The van der Waals surface area contributed by atoms with Crippen LogP contribution in [0.3, 0.4) is 0 Å². The zero-order valence-electron chi connectivity index (χ0n) is 16.1. The minimum Gasteiger partial charge on any atom is -0.489 e. The summed E-state index contributed by atoms with van der Waals surface area (Å²) in [6.07, 6.45) is 2.83. The summed E-state index contributed by atoms with van der Waals surface area (Å²) in [6.45, 7) is 1.15. The summed E-state index contributed by atoms with van der Waals surface area (Å²) < 4.78 is 19.1. The molecule has 2 amide bonds. The smallest absolute Gasteiger partial charge is 0.326 e. The van der Waals surface area contributed by atoms with Crippen LogP contribution in [0, 0.1) is 5.82 Å². The van der Waals surface area contributed by atoms with E-state index in [0.717, 1.165) is 41.8 Å². The molecule has 3 aromatic rings. The first-order valence-corrected chi connectivity index (χ1v) is 9.83. The fourth-order valence-electron chi connectivity index (χ4n) is 3.50. The van der Waals surface area contributed by atoms with Crippen LogP contribution in [0.5, 0.6) is 5.75 Å². The highest BCUT2D eigenvalue weighted by Gasteiger charge is 2.22. The number of anilines is 2. The Balaban J connectivity index is 1.49. The summed E-state index contributed by atoms with van der Waals surface area (Å²) in [5.74, 6) is 0.472. The van der Waals surface area contributed by atoms with Crippen LogP contribution in [0.2, 0.25) is 0 Å². The topological polar surface area (TPSA) is 41.6 Å². The number of hydrogen-bond donors (Lipinski definition) is 1. The third kappa shape index (κ3) is 4.74. The van der Waals surface area contributed by atoms with Crippen LogP contribution >= 0.6 is 0 Å². The maximum atomic E-state index is 13.1. The molecule has 29 heavy (non-hydrogen) atoms. The highest BCUT2D eigenvalue weighted by molar-refractivity contribution is 6.02. The molecule has 0 aromatic heterocycles. The molecular formula is C24H23FN2O2. The largest absolute Gasteiger partial charge is 0.489 e. The van der Waals surface area contributed by atoms with Crippen molar-refractivity contribution in [2.75, 3.05) is 16.8 Å². The molecular weight excluding hydrogens is 367 g/mol. The van der Waals surface area contributed by atoms with Crippen molar-refractivity contribution in [2.45, 2.75) is 25.9 Å². The van der Waals surface area contributed by atoms with Crippen molar-refractivity contribution < 1.29 is 13.9 Å². The van der Waals surface area contributed by atoms with E-state index in [1.807, 2.05) is 48.5 Å². The number of ether oxygens (including phenoxy) is 1. The number of aryl methyl sites for hydroxylation is 1. The van der Waals surface area contributed by atoms with Crippen LogP contribution in [0.4, 0.5) is 20.6 Å². The zero-order valence-corrected chi connectivity index (χ0v) is 16.1. The van der Waals surface area contributed by atoms with E-state index in [1.165, 1.54) is 12.1 Å².